The highest BCUT2D eigenvalue weighted by Crippen LogP contribution is 2.29. The number of aryl methyl sites for hydroxylation is 1. The van der Waals surface area contributed by atoms with Gasteiger partial charge < -0.3 is 15.8 Å². The molecule has 0 aliphatic heterocycles. The summed E-state index contributed by atoms with van der Waals surface area (Å²) in [5.74, 6) is -0.521. The molecule has 1 aromatic carbocycles. The van der Waals surface area contributed by atoms with Crippen molar-refractivity contribution in [3.05, 3.63) is 35.7 Å². The van der Waals surface area contributed by atoms with Gasteiger partial charge in [-0.25, -0.2) is 4.68 Å². The molecular weight excluding hydrogens is 416 g/mol. The van der Waals surface area contributed by atoms with Crippen molar-refractivity contribution >= 4 is 19.7 Å². The zero-order valence-corrected chi connectivity index (χ0v) is 21.3. The number of amides is 1. The Morgan fingerprint density at radius 2 is 1.91 bits per heavy atom. The molecule has 1 unspecified atom stereocenters. The van der Waals surface area contributed by atoms with Crippen molar-refractivity contribution in [2.75, 3.05) is 11.9 Å². The summed E-state index contributed by atoms with van der Waals surface area (Å²) < 4.78 is 16.3. The normalized spacial score (nSPS) is 17.6. The summed E-state index contributed by atoms with van der Waals surface area (Å²) in [7, 11) is -1.11. The van der Waals surface area contributed by atoms with Gasteiger partial charge in [-0.3, -0.25) is 4.79 Å². The lowest BCUT2D eigenvalue weighted by molar-refractivity contribution is -0.118. The Labute approximate surface area is 195 Å². The maximum Gasteiger partial charge on any atom is 0.241 e. The van der Waals surface area contributed by atoms with Gasteiger partial charge in [0.15, 0.2) is 0 Å². The highest BCUT2D eigenvalue weighted by molar-refractivity contribution is 6.76. The van der Waals surface area contributed by atoms with Crippen LogP contribution >= 0.6 is 0 Å². The van der Waals surface area contributed by atoms with Gasteiger partial charge in [0.05, 0.1) is 13.1 Å². The minimum Gasteiger partial charge on any atom is -0.360 e. The first-order chi connectivity index (χ1) is 15.5. The second kappa shape index (κ2) is 10.8. The molecule has 0 spiro atoms. The molecule has 3 N–H and O–H groups in total. The Balaban J connectivity index is 1.65. The van der Waals surface area contributed by atoms with E-state index >= 15 is 0 Å². The standard InChI is InChI=1S/C25H40N4O2Si/c1-18-23(19(2)29(28-18)17-31-15-16-32(3,4)5)20-11-13-22(14-12-20)27-25(30)24(26)21-9-7-6-8-10-21/h11-14,21,24H,6-10,15-17,26H2,1-5H3,(H,27,30)/i24D. The van der Waals surface area contributed by atoms with E-state index in [0.29, 0.717) is 12.4 Å². The molecular formula is C25H40N4O2Si. The number of carbonyl (C=O) groups is 1. The number of aromatic nitrogens is 2. The van der Waals surface area contributed by atoms with Crippen molar-refractivity contribution in [2.24, 2.45) is 11.7 Å². The molecule has 1 amide bonds. The number of nitrogens with two attached hydrogens (primary N) is 1. The Morgan fingerprint density at radius 1 is 1.25 bits per heavy atom. The van der Waals surface area contributed by atoms with Gasteiger partial charge in [0, 0.05) is 31.6 Å². The van der Waals surface area contributed by atoms with Gasteiger partial charge >= 0.3 is 0 Å². The lowest BCUT2D eigenvalue weighted by Crippen LogP contribution is -2.42. The second-order valence-electron chi connectivity index (χ2n) is 10.2. The number of anilines is 1. The summed E-state index contributed by atoms with van der Waals surface area (Å²) in [5.41, 5.74) is 10.9. The van der Waals surface area contributed by atoms with Crippen LogP contribution in [0.4, 0.5) is 5.69 Å². The molecule has 1 heterocycles. The van der Waals surface area contributed by atoms with Crippen LogP contribution in [0.3, 0.4) is 0 Å². The molecule has 7 heteroatoms. The summed E-state index contributed by atoms with van der Waals surface area (Å²) in [6.07, 6.45) is 4.93. The highest BCUT2D eigenvalue weighted by atomic mass is 28.3. The van der Waals surface area contributed by atoms with E-state index in [1.807, 2.05) is 35.9 Å². The van der Waals surface area contributed by atoms with Crippen molar-refractivity contribution in [1.82, 2.24) is 9.78 Å². The molecule has 2 aromatic rings. The fraction of sp³-hybridized carbons (Fsp3) is 0.600. The van der Waals surface area contributed by atoms with Crippen molar-refractivity contribution in [3.8, 4) is 11.1 Å². The third-order valence-corrected chi connectivity index (χ3v) is 8.03. The smallest absolute Gasteiger partial charge is 0.241 e. The summed E-state index contributed by atoms with van der Waals surface area (Å²) in [6, 6.07) is 7.23. The van der Waals surface area contributed by atoms with Crippen LogP contribution in [0.15, 0.2) is 24.3 Å². The number of carbonyl (C=O) groups excluding carboxylic acids is 1. The minimum atomic E-state index is -1.59. The van der Waals surface area contributed by atoms with Crippen LogP contribution in [-0.2, 0) is 16.3 Å². The topological polar surface area (TPSA) is 82.2 Å². The average molecular weight is 458 g/mol. The predicted molar refractivity (Wildman–Crippen MR) is 134 cm³/mol. The van der Waals surface area contributed by atoms with Gasteiger partial charge in [-0.2, -0.15) is 5.10 Å². The van der Waals surface area contributed by atoms with Gasteiger partial charge in [-0.15, -0.1) is 0 Å². The van der Waals surface area contributed by atoms with Gasteiger partial charge in [0.25, 0.3) is 0 Å². The van der Waals surface area contributed by atoms with Crippen LogP contribution in [-0.4, -0.2) is 36.4 Å². The predicted octanol–water partition coefficient (Wildman–Crippen LogP) is 5.33. The van der Waals surface area contributed by atoms with E-state index in [-0.39, 0.29) is 5.92 Å². The zero-order chi connectivity index (χ0) is 24.2. The first-order valence-electron chi connectivity index (χ1n) is 12.3. The van der Waals surface area contributed by atoms with Crippen LogP contribution in [0.25, 0.3) is 11.1 Å². The van der Waals surface area contributed by atoms with E-state index in [9.17, 15) is 4.79 Å². The van der Waals surface area contributed by atoms with Crippen molar-refractivity contribution in [3.63, 3.8) is 0 Å². The van der Waals surface area contributed by atoms with Gasteiger partial charge in [0.1, 0.15) is 6.73 Å². The van der Waals surface area contributed by atoms with Crippen LogP contribution < -0.4 is 11.1 Å². The molecule has 1 aliphatic rings. The van der Waals surface area contributed by atoms with E-state index in [0.717, 1.165) is 67.3 Å². The van der Waals surface area contributed by atoms with Crippen LogP contribution in [0.2, 0.25) is 25.7 Å². The Bertz CT molecular complexity index is 945. The van der Waals surface area contributed by atoms with E-state index in [1.165, 1.54) is 0 Å². The van der Waals surface area contributed by atoms with Gasteiger partial charge in [-0.1, -0.05) is 51.0 Å². The van der Waals surface area contributed by atoms with Crippen LogP contribution in [0, 0.1) is 19.8 Å². The number of ether oxygens (including phenoxy) is 1. The van der Waals surface area contributed by atoms with Gasteiger partial charge in [0.2, 0.25) is 5.91 Å². The third-order valence-electron chi connectivity index (χ3n) is 6.33. The summed E-state index contributed by atoms with van der Waals surface area (Å²) in [4.78, 5) is 12.7. The minimum absolute atomic E-state index is 0.0883. The fourth-order valence-electron chi connectivity index (χ4n) is 4.29. The third kappa shape index (κ3) is 6.53. The molecule has 1 atom stereocenters. The number of benzene rings is 1. The average Bonchev–Trinajstić information content (AvgIpc) is 3.05. The highest BCUT2D eigenvalue weighted by Gasteiger charge is 2.26. The summed E-state index contributed by atoms with van der Waals surface area (Å²) >= 11 is 0. The zero-order valence-electron chi connectivity index (χ0n) is 21.3. The monoisotopic (exact) mass is 457 g/mol. The first kappa shape index (κ1) is 23.2. The van der Waals surface area contributed by atoms with E-state index in [2.05, 4.69) is 37.0 Å². The Morgan fingerprint density at radius 3 is 2.53 bits per heavy atom. The van der Waals surface area contributed by atoms with E-state index < -0.39 is 20.0 Å². The second-order valence-corrected chi connectivity index (χ2v) is 15.8. The molecule has 1 fully saturated rings. The SMILES string of the molecule is [2H]C(N)(C(=O)Nc1ccc(-c2c(C)nn(COCC[Si](C)(C)C)c2C)cc1)C1CCCCC1. The maximum atomic E-state index is 12.7. The van der Waals surface area contributed by atoms with E-state index in [4.69, 9.17) is 11.8 Å². The molecule has 0 bridgehead atoms. The number of rotatable bonds is 9. The Hall–Kier alpha value is -1.96. The number of hydrogen-bond donors (Lipinski definition) is 2. The summed E-state index contributed by atoms with van der Waals surface area (Å²) in [6.45, 7) is 12.3. The quantitative estimate of drug-likeness (QED) is 0.394. The van der Waals surface area contributed by atoms with Crippen LogP contribution in [0.5, 0.6) is 0 Å². The molecule has 1 aliphatic carbocycles. The molecule has 176 valence electrons. The molecule has 3 rings (SSSR count). The largest absolute Gasteiger partial charge is 0.360 e. The van der Waals surface area contributed by atoms with Crippen molar-refractivity contribution in [1.29, 1.82) is 0 Å². The first-order valence-corrected chi connectivity index (χ1v) is 15.5. The number of nitrogens with zero attached hydrogens (tertiary/aromatic N) is 2. The Kier molecular flexibility index (Phi) is 7.81. The van der Waals surface area contributed by atoms with E-state index in [1.54, 1.807) is 0 Å². The summed E-state index contributed by atoms with van der Waals surface area (Å²) in [5, 5.41) is 7.52. The van der Waals surface area contributed by atoms with Crippen LogP contribution in [0.1, 0.15) is 44.9 Å². The lowest BCUT2D eigenvalue weighted by atomic mass is 9.84. The number of nitrogens with one attached hydrogen (secondary N) is 1. The molecule has 32 heavy (non-hydrogen) atoms. The number of hydrogen-bond acceptors (Lipinski definition) is 4. The molecule has 0 radical (unpaired) electrons. The molecule has 6 nitrogen and oxygen atoms in total. The molecule has 1 saturated carbocycles. The molecule has 1 aromatic heterocycles. The van der Waals surface area contributed by atoms with Crippen molar-refractivity contribution in [2.45, 2.75) is 84.4 Å². The molecule has 0 saturated heterocycles. The maximum absolute atomic E-state index is 12.7. The fourth-order valence-corrected chi connectivity index (χ4v) is 5.05. The lowest BCUT2D eigenvalue weighted by Gasteiger charge is -2.26. The van der Waals surface area contributed by atoms with Gasteiger partial charge in [-0.05, 0) is 56.3 Å². The van der Waals surface area contributed by atoms with Crippen molar-refractivity contribution < 1.29 is 10.9 Å².